The molecule has 2 aromatic carbocycles. The molecule has 1 aliphatic heterocycles. The van der Waals surface area contributed by atoms with E-state index in [0.717, 1.165) is 31.6 Å². The average Bonchev–Trinajstić information content (AvgIpc) is 3.24. The van der Waals surface area contributed by atoms with E-state index in [1.54, 1.807) is 7.05 Å². The van der Waals surface area contributed by atoms with Crippen LogP contribution in [-0.4, -0.2) is 51.1 Å². The van der Waals surface area contributed by atoms with Crippen LogP contribution in [0.3, 0.4) is 0 Å². The fourth-order valence-electron chi connectivity index (χ4n) is 3.41. The molecular weight excluding hydrogens is 534 g/mol. The van der Waals surface area contributed by atoms with Crippen LogP contribution in [0.15, 0.2) is 59.6 Å². The van der Waals surface area contributed by atoms with Gasteiger partial charge in [0.05, 0.1) is 5.56 Å². The van der Waals surface area contributed by atoms with E-state index in [1.807, 2.05) is 18.2 Å². The predicted molar refractivity (Wildman–Crippen MR) is 131 cm³/mol. The van der Waals surface area contributed by atoms with Crippen molar-refractivity contribution in [1.82, 2.24) is 16.0 Å². The Kier molecular flexibility index (Phi) is 9.60. The van der Waals surface area contributed by atoms with Crippen LogP contribution >= 0.6 is 24.0 Å². The minimum absolute atomic E-state index is 0. The van der Waals surface area contributed by atoms with Crippen molar-refractivity contribution in [3.8, 4) is 0 Å². The molecule has 1 amide bonds. The second-order valence-electron chi connectivity index (χ2n) is 7.24. The van der Waals surface area contributed by atoms with Crippen molar-refractivity contribution in [1.29, 1.82) is 0 Å². The molecule has 0 saturated carbocycles. The van der Waals surface area contributed by atoms with Gasteiger partial charge >= 0.3 is 6.18 Å². The van der Waals surface area contributed by atoms with Gasteiger partial charge in [-0.3, -0.25) is 9.79 Å². The molecule has 1 fully saturated rings. The first-order valence-corrected chi connectivity index (χ1v) is 10.1. The fraction of sp³-hybridized carbons (Fsp3) is 0.364. The molecule has 1 aliphatic rings. The summed E-state index contributed by atoms with van der Waals surface area (Å²) in [5, 5.41) is 9.21. The summed E-state index contributed by atoms with van der Waals surface area (Å²) in [5.41, 5.74) is 0.599. The number of aliphatic imine (C=N–C) groups is 1. The summed E-state index contributed by atoms with van der Waals surface area (Å²) >= 11 is 0. The van der Waals surface area contributed by atoms with E-state index < -0.39 is 17.6 Å². The third-order valence-corrected chi connectivity index (χ3v) is 5.05. The molecule has 32 heavy (non-hydrogen) atoms. The van der Waals surface area contributed by atoms with Crippen LogP contribution in [0.25, 0.3) is 0 Å². The molecule has 174 valence electrons. The quantitative estimate of drug-likeness (QED) is 0.219. The van der Waals surface area contributed by atoms with Gasteiger partial charge in [0.2, 0.25) is 0 Å². The van der Waals surface area contributed by atoms with Gasteiger partial charge in [-0.2, -0.15) is 13.2 Å². The standard InChI is InChI=1S/C22H26F3N5O.HI/c1-26-21(29-18-11-14-30(15-18)19-5-3-2-4-6-19)28-13-12-27-20(31)16-7-9-17(10-8-16)22(23,24)25;/h2-10,18H,11-15H2,1H3,(H,27,31)(H2,26,28,29);1H. The molecule has 10 heteroatoms. The lowest BCUT2D eigenvalue weighted by atomic mass is 10.1. The van der Waals surface area contributed by atoms with Gasteiger partial charge in [0.1, 0.15) is 0 Å². The predicted octanol–water partition coefficient (Wildman–Crippen LogP) is 3.50. The summed E-state index contributed by atoms with van der Waals surface area (Å²) in [6, 6.07) is 14.6. The number of nitrogens with zero attached hydrogens (tertiary/aromatic N) is 2. The topological polar surface area (TPSA) is 68.8 Å². The second-order valence-corrected chi connectivity index (χ2v) is 7.24. The molecular formula is C22H27F3IN5O. The molecule has 0 aromatic heterocycles. The molecule has 1 unspecified atom stereocenters. The van der Waals surface area contributed by atoms with Gasteiger partial charge < -0.3 is 20.9 Å². The minimum atomic E-state index is -4.42. The van der Waals surface area contributed by atoms with Crippen molar-refractivity contribution in [3.05, 3.63) is 65.7 Å². The van der Waals surface area contributed by atoms with Crippen molar-refractivity contribution in [2.24, 2.45) is 4.99 Å². The van der Waals surface area contributed by atoms with E-state index in [4.69, 9.17) is 0 Å². The van der Waals surface area contributed by atoms with Crippen LogP contribution in [-0.2, 0) is 6.18 Å². The lowest BCUT2D eigenvalue weighted by Crippen LogP contribution is -2.46. The fourth-order valence-corrected chi connectivity index (χ4v) is 3.41. The van der Waals surface area contributed by atoms with Crippen LogP contribution in [0.2, 0.25) is 0 Å². The Morgan fingerprint density at radius 3 is 2.34 bits per heavy atom. The van der Waals surface area contributed by atoms with E-state index in [0.29, 0.717) is 19.0 Å². The first kappa shape index (κ1) is 25.8. The van der Waals surface area contributed by atoms with Crippen molar-refractivity contribution in [2.45, 2.75) is 18.6 Å². The van der Waals surface area contributed by atoms with Gasteiger partial charge in [0, 0.05) is 50.5 Å². The van der Waals surface area contributed by atoms with Gasteiger partial charge in [-0.25, -0.2) is 0 Å². The van der Waals surface area contributed by atoms with E-state index in [2.05, 4.69) is 38.0 Å². The highest BCUT2D eigenvalue weighted by Crippen LogP contribution is 2.29. The third kappa shape index (κ3) is 7.28. The maximum Gasteiger partial charge on any atom is 0.416 e. The average molecular weight is 561 g/mol. The number of anilines is 1. The van der Waals surface area contributed by atoms with Gasteiger partial charge in [-0.05, 0) is 42.8 Å². The molecule has 0 bridgehead atoms. The molecule has 1 saturated heterocycles. The highest BCUT2D eigenvalue weighted by molar-refractivity contribution is 14.0. The van der Waals surface area contributed by atoms with Crippen LogP contribution in [0, 0.1) is 0 Å². The minimum Gasteiger partial charge on any atom is -0.369 e. The summed E-state index contributed by atoms with van der Waals surface area (Å²) in [7, 11) is 1.68. The first-order chi connectivity index (χ1) is 14.9. The van der Waals surface area contributed by atoms with Crippen LogP contribution in [0.4, 0.5) is 18.9 Å². The zero-order valence-corrected chi connectivity index (χ0v) is 20.0. The van der Waals surface area contributed by atoms with E-state index in [1.165, 1.54) is 17.8 Å². The van der Waals surface area contributed by atoms with Gasteiger partial charge in [0.15, 0.2) is 5.96 Å². The van der Waals surface area contributed by atoms with Crippen LogP contribution in [0.1, 0.15) is 22.3 Å². The molecule has 0 radical (unpaired) electrons. The van der Waals surface area contributed by atoms with Crippen molar-refractivity contribution in [2.75, 3.05) is 38.1 Å². The van der Waals surface area contributed by atoms with E-state index in [9.17, 15) is 18.0 Å². The zero-order valence-electron chi connectivity index (χ0n) is 17.7. The second kappa shape index (κ2) is 11.9. The molecule has 2 aromatic rings. The number of carbonyl (C=O) groups is 1. The summed E-state index contributed by atoms with van der Waals surface area (Å²) in [6.07, 6.45) is -3.43. The van der Waals surface area contributed by atoms with Crippen molar-refractivity contribution >= 4 is 41.5 Å². The van der Waals surface area contributed by atoms with E-state index in [-0.39, 0.29) is 35.6 Å². The molecule has 3 N–H and O–H groups in total. The highest BCUT2D eigenvalue weighted by Gasteiger charge is 2.30. The smallest absolute Gasteiger partial charge is 0.369 e. The lowest BCUT2D eigenvalue weighted by Gasteiger charge is -2.20. The molecule has 3 rings (SSSR count). The Bertz CT molecular complexity index is 891. The number of benzene rings is 2. The highest BCUT2D eigenvalue weighted by atomic mass is 127. The Labute approximate surface area is 202 Å². The third-order valence-electron chi connectivity index (χ3n) is 5.05. The number of carbonyl (C=O) groups excluding carboxylic acids is 1. The normalized spacial score (nSPS) is 16.3. The van der Waals surface area contributed by atoms with Crippen molar-refractivity contribution in [3.63, 3.8) is 0 Å². The summed E-state index contributed by atoms with van der Waals surface area (Å²) < 4.78 is 37.8. The lowest BCUT2D eigenvalue weighted by molar-refractivity contribution is -0.137. The maximum absolute atomic E-state index is 12.6. The van der Waals surface area contributed by atoms with Gasteiger partial charge in [-0.1, -0.05) is 18.2 Å². The monoisotopic (exact) mass is 561 g/mol. The number of guanidine groups is 1. The zero-order chi connectivity index (χ0) is 22.3. The van der Waals surface area contributed by atoms with Crippen molar-refractivity contribution < 1.29 is 18.0 Å². The largest absolute Gasteiger partial charge is 0.416 e. The first-order valence-electron chi connectivity index (χ1n) is 10.1. The summed E-state index contributed by atoms with van der Waals surface area (Å²) in [4.78, 5) is 18.6. The Hall–Kier alpha value is -2.50. The molecule has 1 heterocycles. The van der Waals surface area contributed by atoms with Gasteiger partial charge in [0.25, 0.3) is 5.91 Å². The summed E-state index contributed by atoms with van der Waals surface area (Å²) in [5.74, 6) is 0.219. The van der Waals surface area contributed by atoms with Crippen LogP contribution < -0.4 is 20.9 Å². The molecule has 1 atom stereocenters. The van der Waals surface area contributed by atoms with E-state index >= 15 is 0 Å². The number of hydrogen-bond acceptors (Lipinski definition) is 3. The number of amides is 1. The number of rotatable bonds is 6. The Morgan fingerprint density at radius 2 is 1.72 bits per heavy atom. The number of para-hydroxylation sites is 1. The Balaban J connectivity index is 0.00000363. The SMILES string of the molecule is CN=C(NCCNC(=O)c1ccc(C(F)(F)F)cc1)NC1CCN(c2ccccc2)C1.I. The molecule has 6 nitrogen and oxygen atoms in total. The number of hydrogen-bond donors (Lipinski definition) is 3. The molecule has 0 aliphatic carbocycles. The van der Waals surface area contributed by atoms with Crippen LogP contribution in [0.5, 0.6) is 0 Å². The molecule has 0 spiro atoms. The number of nitrogens with one attached hydrogen (secondary N) is 3. The Morgan fingerprint density at radius 1 is 1.06 bits per heavy atom. The maximum atomic E-state index is 12.6. The number of halogens is 4. The summed E-state index contributed by atoms with van der Waals surface area (Å²) in [6.45, 7) is 2.57. The number of alkyl halides is 3. The van der Waals surface area contributed by atoms with Gasteiger partial charge in [-0.15, -0.1) is 24.0 Å².